The Morgan fingerprint density at radius 3 is 2.66 bits per heavy atom. The molecule has 2 bridgehead atoms. The molecular formula is C24H34F3N5O3. The lowest BCUT2D eigenvalue weighted by Crippen LogP contribution is -2.47. The van der Waals surface area contributed by atoms with Crippen molar-refractivity contribution in [2.75, 3.05) is 26.7 Å². The average molecular weight is 498 g/mol. The number of hydrogen-bond donors (Lipinski definition) is 1. The Morgan fingerprint density at radius 1 is 1.29 bits per heavy atom. The van der Waals surface area contributed by atoms with E-state index < -0.39 is 11.7 Å². The first-order valence-electron chi connectivity index (χ1n) is 11.8. The first-order valence-corrected chi connectivity index (χ1v) is 11.8. The Balaban J connectivity index is 1.74. The van der Waals surface area contributed by atoms with E-state index in [2.05, 4.69) is 10.3 Å². The van der Waals surface area contributed by atoms with Crippen LogP contribution in [0.2, 0.25) is 0 Å². The molecule has 1 N–H and O–H groups in total. The second kappa shape index (κ2) is 12.0. The molecule has 0 fully saturated rings. The number of rotatable bonds is 6. The Labute approximate surface area is 203 Å². The van der Waals surface area contributed by atoms with Gasteiger partial charge in [0.15, 0.2) is 0 Å². The summed E-state index contributed by atoms with van der Waals surface area (Å²) in [6.45, 7) is 5.85. The number of nitrogens with zero attached hydrogens (tertiary/aromatic N) is 5. The zero-order valence-corrected chi connectivity index (χ0v) is 20.4. The van der Waals surface area contributed by atoms with Gasteiger partial charge in [0.2, 0.25) is 5.91 Å². The van der Waals surface area contributed by atoms with Crippen molar-refractivity contribution < 1.29 is 27.8 Å². The highest BCUT2D eigenvalue weighted by Gasteiger charge is 2.30. The van der Waals surface area contributed by atoms with Gasteiger partial charge in [-0.05, 0) is 38.1 Å². The van der Waals surface area contributed by atoms with E-state index in [1.807, 2.05) is 32.0 Å². The van der Waals surface area contributed by atoms with Crippen LogP contribution in [0.1, 0.15) is 43.5 Å². The third-order valence-electron chi connectivity index (χ3n) is 6.27. The lowest BCUT2D eigenvalue weighted by atomic mass is 10.0. The average Bonchev–Trinajstić information content (AvgIpc) is 3.26. The monoisotopic (exact) mass is 497 g/mol. The molecule has 2 aromatic rings. The highest BCUT2D eigenvalue weighted by atomic mass is 19.4. The summed E-state index contributed by atoms with van der Waals surface area (Å²) >= 11 is 0. The van der Waals surface area contributed by atoms with Crippen LogP contribution in [0.15, 0.2) is 30.5 Å². The van der Waals surface area contributed by atoms with Gasteiger partial charge in [0.05, 0.1) is 37.1 Å². The van der Waals surface area contributed by atoms with Crippen molar-refractivity contribution >= 4 is 5.91 Å². The van der Waals surface area contributed by atoms with Crippen LogP contribution >= 0.6 is 0 Å². The van der Waals surface area contributed by atoms with Crippen molar-refractivity contribution in [3.05, 3.63) is 47.3 Å². The minimum atomic E-state index is -4.36. The first-order chi connectivity index (χ1) is 16.6. The van der Waals surface area contributed by atoms with Gasteiger partial charge < -0.3 is 14.7 Å². The summed E-state index contributed by atoms with van der Waals surface area (Å²) in [6, 6.07) is 4.82. The van der Waals surface area contributed by atoms with Crippen molar-refractivity contribution in [2.24, 2.45) is 5.92 Å². The van der Waals surface area contributed by atoms with E-state index >= 15 is 0 Å². The summed E-state index contributed by atoms with van der Waals surface area (Å²) in [4.78, 5) is 16.6. The first kappa shape index (κ1) is 27.1. The molecule has 8 nitrogen and oxygen atoms in total. The summed E-state index contributed by atoms with van der Waals surface area (Å²) in [5.41, 5.74) is 0.775. The van der Waals surface area contributed by atoms with Gasteiger partial charge in [-0.1, -0.05) is 24.3 Å². The van der Waals surface area contributed by atoms with Crippen molar-refractivity contribution in [2.45, 2.75) is 64.7 Å². The predicted molar refractivity (Wildman–Crippen MR) is 123 cm³/mol. The van der Waals surface area contributed by atoms with Crippen LogP contribution in [0.4, 0.5) is 13.2 Å². The molecule has 3 rings (SSSR count). The van der Waals surface area contributed by atoms with Crippen LogP contribution in [-0.2, 0) is 35.4 Å². The van der Waals surface area contributed by atoms with Crippen LogP contribution < -0.4 is 0 Å². The maximum absolute atomic E-state index is 12.9. The van der Waals surface area contributed by atoms with E-state index in [0.717, 1.165) is 17.7 Å². The number of aromatic nitrogens is 3. The van der Waals surface area contributed by atoms with Gasteiger partial charge in [0.25, 0.3) is 0 Å². The molecule has 1 aliphatic rings. The molecule has 0 saturated heterocycles. The molecule has 2 heterocycles. The van der Waals surface area contributed by atoms with Crippen LogP contribution in [0.5, 0.6) is 0 Å². The fourth-order valence-electron chi connectivity index (χ4n) is 4.18. The number of aliphatic hydroxyl groups is 1. The molecule has 194 valence electrons. The minimum Gasteiger partial charge on any atom is -0.394 e. The lowest BCUT2D eigenvalue weighted by Gasteiger charge is -2.35. The number of hydrogen-bond acceptors (Lipinski definition) is 6. The lowest BCUT2D eigenvalue weighted by molar-refractivity contribution is -0.137. The van der Waals surface area contributed by atoms with Gasteiger partial charge in [-0.25, -0.2) is 0 Å². The van der Waals surface area contributed by atoms with E-state index in [0.29, 0.717) is 44.7 Å². The van der Waals surface area contributed by atoms with Crippen molar-refractivity contribution in [1.29, 1.82) is 0 Å². The van der Waals surface area contributed by atoms with Gasteiger partial charge in [0, 0.05) is 38.5 Å². The van der Waals surface area contributed by atoms with Gasteiger partial charge >= 0.3 is 6.18 Å². The highest BCUT2D eigenvalue weighted by Crippen LogP contribution is 2.29. The van der Waals surface area contributed by atoms with Gasteiger partial charge in [-0.2, -0.15) is 13.2 Å². The maximum atomic E-state index is 12.9. The molecule has 0 radical (unpaired) electrons. The topological polar surface area (TPSA) is 83.7 Å². The fourth-order valence-corrected chi connectivity index (χ4v) is 4.18. The smallest absolute Gasteiger partial charge is 0.394 e. The second-order valence-electron chi connectivity index (χ2n) is 9.37. The zero-order chi connectivity index (χ0) is 25.6. The number of benzene rings is 1. The molecule has 1 aliphatic heterocycles. The van der Waals surface area contributed by atoms with Crippen LogP contribution in [0, 0.1) is 5.92 Å². The third-order valence-corrected chi connectivity index (χ3v) is 6.27. The normalized spacial score (nSPS) is 21.4. The number of fused-ring (bicyclic) bond motifs is 2. The van der Waals surface area contributed by atoms with Crippen molar-refractivity contribution in [3.8, 4) is 0 Å². The highest BCUT2D eigenvalue weighted by molar-refractivity contribution is 5.76. The van der Waals surface area contributed by atoms with E-state index in [4.69, 9.17) is 4.74 Å². The number of carbonyl (C=O) groups excluding carboxylic acids is 1. The molecule has 0 aliphatic carbocycles. The number of amides is 1. The molecule has 35 heavy (non-hydrogen) atoms. The summed E-state index contributed by atoms with van der Waals surface area (Å²) in [7, 11) is 1.88. The second-order valence-corrected chi connectivity index (χ2v) is 9.37. The molecule has 0 saturated carbocycles. The molecule has 1 amide bonds. The number of carbonyl (C=O) groups is 1. The number of halogens is 3. The van der Waals surface area contributed by atoms with E-state index in [1.165, 1.54) is 12.1 Å². The summed E-state index contributed by atoms with van der Waals surface area (Å²) < 4.78 is 46.5. The van der Waals surface area contributed by atoms with E-state index in [1.54, 1.807) is 9.58 Å². The Morgan fingerprint density at radius 2 is 2.00 bits per heavy atom. The SMILES string of the molecule is C[C@@H]1CN([C@H](C)CO)C(=O)CCCn2cc(nn2)CO[C@@H]1CN(C)Cc1ccc(C(F)(F)F)cc1. The number of ether oxygens (including phenoxy) is 1. The molecule has 0 spiro atoms. The Kier molecular flexibility index (Phi) is 9.26. The Bertz CT molecular complexity index is 951. The van der Waals surface area contributed by atoms with E-state index in [9.17, 15) is 23.1 Å². The predicted octanol–water partition coefficient (Wildman–Crippen LogP) is 2.95. The molecule has 0 unspecified atom stereocenters. The fraction of sp³-hybridized carbons (Fsp3) is 0.625. The number of alkyl halides is 3. The molecule has 11 heteroatoms. The quantitative estimate of drug-likeness (QED) is 0.661. The zero-order valence-electron chi connectivity index (χ0n) is 20.4. The number of aryl methyl sites for hydroxylation is 1. The summed E-state index contributed by atoms with van der Waals surface area (Å²) in [6.07, 6.45) is -1.89. The van der Waals surface area contributed by atoms with Crippen LogP contribution in [0.3, 0.4) is 0 Å². The van der Waals surface area contributed by atoms with Crippen molar-refractivity contribution in [3.63, 3.8) is 0 Å². The largest absolute Gasteiger partial charge is 0.416 e. The minimum absolute atomic E-state index is 0.0326. The van der Waals surface area contributed by atoms with Crippen LogP contribution in [-0.4, -0.2) is 74.7 Å². The number of likely N-dealkylation sites (N-methyl/N-ethyl adjacent to an activating group) is 1. The number of aliphatic hydroxyl groups excluding tert-OH is 1. The van der Waals surface area contributed by atoms with Gasteiger partial charge in [-0.3, -0.25) is 14.4 Å². The van der Waals surface area contributed by atoms with Gasteiger partial charge in [0.1, 0.15) is 5.69 Å². The van der Waals surface area contributed by atoms with Crippen LogP contribution in [0.25, 0.3) is 0 Å². The molecular weight excluding hydrogens is 463 g/mol. The molecule has 1 aromatic heterocycles. The van der Waals surface area contributed by atoms with Gasteiger partial charge in [-0.15, -0.1) is 5.10 Å². The van der Waals surface area contributed by atoms with Crippen molar-refractivity contribution in [1.82, 2.24) is 24.8 Å². The third kappa shape index (κ3) is 7.74. The molecule has 3 atom stereocenters. The Hall–Kier alpha value is -2.50. The summed E-state index contributed by atoms with van der Waals surface area (Å²) in [5, 5.41) is 18.0. The van der Waals surface area contributed by atoms with E-state index in [-0.39, 0.29) is 37.2 Å². The maximum Gasteiger partial charge on any atom is 0.416 e. The molecule has 1 aromatic carbocycles. The summed E-state index contributed by atoms with van der Waals surface area (Å²) in [5.74, 6) is -0.103. The standard InChI is InChI=1S/C24H34F3N5O3/c1-17-11-32(18(2)15-33)23(34)5-4-10-31-13-21(28-29-31)16-35-22(17)14-30(3)12-19-6-8-20(9-7-19)24(25,26)27/h6-9,13,17-18,22,33H,4-5,10-12,14-16H2,1-3H3/t17-,18-,22-/m1/s1.